The van der Waals surface area contributed by atoms with Crippen molar-refractivity contribution in [3.8, 4) is 0 Å². The average molecular weight is 298 g/mol. The molecule has 21 heavy (non-hydrogen) atoms. The molecule has 4 heteroatoms. The van der Waals surface area contributed by atoms with Gasteiger partial charge in [0.05, 0.1) is 6.61 Å². The van der Waals surface area contributed by atoms with Crippen molar-refractivity contribution < 1.29 is 9.90 Å². The van der Waals surface area contributed by atoms with Crippen molar-refractivity contribution in [1.82, 2.24) is 9.80 Å². The highest BCUT2D eigenvalue weighted by Crippen LogP contribution is 2.11. The number of aliphatic hydroxyl groups excluding tert-OH is 1. The molecule has 0 unspecified atom stereocenters. The van der Waals surface area contributed by atoms with Crippen molar-refractivity contribution in [3.63, 3.8) is 0 Å². The van der Waals surface area contributed by atoms with Crippen molar-refractivity contribution in [1.29, 1.82) is 0 Å². The Hall–Kier alpha value is -0.610. The van der Waals surface area contributed by atoms with Gasteiger partial charge >= 0.3 is 0 Å². The van der Waals surface area contributed by atoms with E-state index >= 15 is 0 Å². The van der Waals surface area contributed by atoms with E-state index in [4.69, 9.17) is 5.11 Å². The van der Waals surface area contributed by atoms with Crippen LogP contribution in [0.15, 0.2) is 0 Å². The van der Waals surface area contributed by atoms with Crippen molar-refractivity contribution in [3.05, 3.63) is 0 Å². The molecule has 0 spiro atoms. The van der Waals surface area contributed by atoms with Gasteiger partial charge in [-0.05, 0) is 19.4 Å². The van der Waals surface area contributed by atoms with E-state index in [1.54, 1.807) is 0 Å². The van der Waals surface area contributed by atoms with Crippen LogP contribution in [0, 0.1) is 0 Å². The molecule has 0 saturated carbocycles. The minimum absolute atomic E-state index is 0.214. The van der Waals surface area contributed by atoms with Crippen LogP contribution < -0.4 is 0 Å². The van der Waals surface area contributed by atoms with Gasteiger partial charge in [0.2, 0.25) is 5.91 Å². The molecule has 0 aromatic heterocycles. The predicted octanol–water partition coefficient (Wildman–Crippen LogP) is 2.65. The summed E-state index contributed by atoms with van der Waals surface area (Å²) in [5.74, 6) is 0.328. The third kappa shape index (κ3) is 8.42. The van der Waals surface area contributed by atoms with Crippen LogP contribution in [0.1, 0.15) is 64.7 Å². The first-order valence-corrected chi connectivity index (χ1v) is 8.89. The van der Waals surface area contributed by atoms with E-state index < -0.39 is 0 Å². The van der Waals surface area contributed by atoms with Crippen LogP contribution in [0.3, 0.4) is 0 Å². The number of hydrogen-bond acceptors (Lipinski definition) is 3. The number of hydrogen-bond donors (Lipinski definition) is 1. The SMILES string of the molecule is CCCCCCCCCC(=O)N1CCCN(CCO)CC1. The molecule has 124 valence electrons. The quantitative estimate of drug-likeness (QED) is 0.631. The molecular formula is C17H34N2O2. The van der Waals surface area contributed by atoms with Crippen LogP contribution in [0.25, 0.3) is 0 Å². The summed E-state index contributed by atoms with van der Waals surface area (Å²) < 4.78 is 0. The van der Waals surface area contributed by atoms with Gasteiger partial charge in [-0.25, -0.2) is 0 Å². The van der Waals surface area contributed by atoms with Crippen molar-refractivity contribution in [2.45, 2.75) is 64.7 Å². The molecule has 1 rings (SSSR count). The third-order valence-corrected chi connectivity index (χ3v) is 4.35. The molecular weight excluding hydrogens is 264 g/mol. The van der Waals surface area contributed by atoms with Gasteiger partial charge in [0.1, 0.15) is 0 Å². The Balaban J connectivity index is 2.08. The summed E-state index contributed by atoms with van der Waals surface area (Å²) in [7, 11) is 0. The van der Waals surface area contributed by atoms with Gasteiger partial charge in [0.25, 0.3) is 0 Å². The van der Waals surface area contributed by atoms with Gasteiger partial charge in [-0.1, -0.05) is 45.4 Å². The number of carbonyl (C=O) groups is 1. The molecule has 1 saturated heterocycles. The summed E-state index contributed by atoms with van der Waals surface area (Å²) in [5.41, 5.74) is 0. The molecule has 0 aromatic rings. The van der Waals surface area contributed by atoms with Gasteiger partial charge in [-0.3, -0.25) is 9.69 Å². The van der Waals surface area contributed by atoms with Gasteiger partial charge in [0, 0.05) is 32.6 Å². The van der Waals surface area contributed by atoms with Crippen LogP contribution in [-0.2, 0) is 4.79 Å². The van der Waals surface area contributed by atoms with Crippen molar-refractivity contribution in [2.24, 2.45) is 0 Å². The number of aliphatic hydroxyl groups is 1. The van der Waals surface area contributed by atoms with Crippen LogP contribution in [0.4, 0.5) is 0 Å². The first-order valence-electron chi connectivity index (χ1n) is 8.89. The normalized spacial score (nSPS) is 17.0. The molecule has 0 aliphatic carbocycles. The average Bonchev–Trinajstić information content (AvgIpc) is 2.72. The largest absolute Gasteiger partial charge is 0.395 e. The lowest BCUT2D eigenvalue weighted by Crippen LogP contribution is -2.35. The topological polar surface area (TPSA) is 43.8 Å². The summed E-state index contributed by atoms with van der Waals surface area (Å²) in [4.78, 5) is 16.5. The number of β-amino-alcohol motifs (C(OH)–C–C–N with tert-alkyl or cyclic N) is 1. The second kappa shape index (κ2) is 12.0. The van der Waals surface area contributed by atoms with E-state index in [2.05, 4.69) is 11.8 Å². The fraction of sp³-hybridized carbons (Fsp3) is 0.941. The van der Waals surface area contributed by atoms with E-state index in [1.807, 2.05) is 4.90 Å². The minimum Gasteiger partial charge on any atom is -0.395 e. The minimum atomic E-state index is 0.214. The second-order valence-corrected chi connectivity index (χ2v) is 6.17. The van der Waals surface area contributed by atoms with Crippen LogP contribution in [0.2, 0.25) is 0 Å². The first kappa shape index (κ1) is 18.4. The zero-order valence-electron chi connectivity index (χ0n) is 13.9. The Morgan fingerprint density at radius 1 is 0.952 bits per heavy atom. The van der Waals surface area contributed by atoms with Crippen LogP contribution in [0.5, 0.6) is 0 Å². The monoisotopic (exact) mass is 298 g/mol. The van der Waals surface area contributed by atoms with E-state index in [0.717, 1.165) is 45.6 Å². The molecule has 0 bridgehead atoms. The zero-order valence-corrected chi connectivity index (χ0v) is 13.9. The van der Waals surface area contributed by atoms with Gasteiger partial charge in [0.15, 0.2) is 0 Å². The van der Waals surface area contributed by atoms with Gasteiger partial charge in [-0.15, -0.1) is 0 Å². The number of amides is 1. The molecule has 4 nitrogen and oxygen atoms in total. The number of carbonyl (C=O) groups excluding carboxylic acids is 1. The molecule has 1 N–H and O–H groups in total. The second-order valence-electron chi connectivity index (χ2n) is 6.17. The standard InChI is InChI=1S/C17H34N2O2/c1-2-3-4-5-6-7-8-10-17(21)19-12-9-11-18(13-14-19)15-16-20/h20H,2-16H2,1H3. The smallest absolute Gasteiger partial charge is 0.222 e. The van der Waals surface area contributed by atoms with E-state index in [1.165, 1.54) is 38.5 Å². The summed E-state index contributed by atoms with van der Waals surface area (Å²) in [6.45, 7) is 6.81. The number of nitrogens with zero attached hydrogens (tertiary/aromatic N) is 2. The van der Waals surface area contributed by atoms with E-state index in [-0.39, 0.29) is 6.61 Å². The Morgan fingerprint density at radius 3 is 2.38 bits per heavy atom. The molecule has 1 amide bonds. The summed E-state index contributed by atoms with van der Waals surface area (Å²) in [5, 5.41) is 8.98. The van der Waals surface area contributed by atoms with Gasteiger partial charge in [-0.2, -0.15) is 0 Å². The maximum Gasteiger partial charge on any atom is 0.222 e. The highest BCUT2D eigenvalue weighted by atomic mass is 16.3. The maximum atomic E-state index is 12.2. The number of unbranched alkanes of at least 4 members (excludes halogenated alkanes) is 6. The molecule has 0 atom stereocenters. The van der Waals surface area contributed by atoms with E-state index in [9.17, 15) is 4.79 Å². The van der Waals surface area contributed by atoms with Crippen molar-refractivity contribution >= 4 is 5.91 Å². The summed E-state index contributed by atoms with van der Waals surface area (Å²) in [6, 6.07) is 0. The lowest BCUT2D eigenvalue weighted by Gasteiger charge is -2.21. The summed E-state index contributed by atoms with van der Waals surface area (Å²) >= 11 is 0. The first-order chi connectivity index (χ1) is 10.3. The lowest BCUT2D eigenvalue weighted by atomic mass is 10.1. The Labute approximate surface area is 130 Å². The molecule has 0 radical (unpaired) electrons. The molecule has 1 fully saturated rings. The highest BCUT2D eigenvalue weighted by molar-refractivity contribution is 5.76. The van der Waals surface area contributed by atoms with Gasteiger partial charge < -0.3 is 10.0 Å². The van der Waals surface area contributed by atoms with Crippen LogP contribution in [-0.4, -0.2) is 60.1 Å². The maximum absolute atomic E-state index is 12.2. The summed E-state index contributed by atoms with van der Waals surface area (Å²) in [6.07, 6.45) is 10.6. The Morgan fingerprint density at radius 2 is 1.67 bits per heavy atom. The molecule has 0 aromatic carbocycles. The number of rotatable bonds is 10. The molecule has 1 heterocycles. The lowest BCUT2D eigenvalue weighted by molar-refractivity contribution is -0.131. The van der Waals surface area contributed by atoms with E-state index in [0.29, 0.717) is 12.3 Å². The molecule has 1 aliphatic rings. The van der Waals surface area contributed by atoms with Crippen LogP contribution >= 0.6 is 0 Å². The zero-order chi connectivity index (χ0) is 15.3. The highest BCUT2D eigenvalue weighted by Gasteiger charge is 2.18. The molecule has 1 aliphatic heterocycles. The fourth-order valence-corrected chi connectivity index (χ4v) is 2.98. The van der Waals surface area contributed by atoms with Crippen molar-refractivity contribution in [2.75, 3.05) is 39.3 Å². The predicted molar refractivity (Wildman–Crippen MR) is 87.3 cm³/mol. The fourth-order valence-electron chi connectivity index (χ4n) is 2.98. The Bertz CT molecular complexity index is 272. The third-order valence-electron chi connectivity index (χ3n) is 4.35. The Kier molecular flexibility index (Phi) is 10.5.